The van der Waals surface area contributed by atoms with E-state index in [1.54, 1.807) is 7.11 Å². The molecule has 0 heterocycles. The molecule has 1 aromatic carbocycles. The van der Waals surface area contributed by atoms with Gasteiger partial charge in [-0.25, -0.2) is 0 Å². The van der Waals surface area contributed by atoms with Crippen LogP contribution in [0.15, 0.2) is 18.2 Å². The van der Waals surface area contributed by atoms with E-state index < -0.39 is 0 Å². The van der Waals surface area contributed by atoms with Crippen LogP contribution in [0.1, 0.15) is 12.8 Å². The van der Waals surface area contributed by atoms with Crippen LogP contribution >= 0.6 is 0 Å². The smallest absolute Gasteiger partial charge is 0.131 e. The Balaban J connectivity index is 1.80. The minimum absolute atomic E-state index is 0.541. The molecule has 0 saturated heterocycles. The molecule has 16 heavy (non-hydrogen) atoms. The van der Waals surface area contributed by atoms with Crippen LogP contribution in [-0.2, 0) is 4.74 Å². The summed E-state index contributed by atoms with van der Waals surface area (Å²) in [5, 5.41) is 0. The Morgan fingerprint density at radius 2 is 1.94 bits per heavy atom. The lowest BCUT2D eigenvalue weighted by atomic mass is 10.3. The number of ether oxygens (including phenoxy) is 3. The fourth-order valence-corrected chi connectivity index (χ4v) is 1.32. The maximum absolute atomic E-state index is 5.61. The van der Waals surface area contributed by atoms with Gasteiger partial charge >= 0.3 is 0 Å². The molecule has 0 N–H and O–H groups in total. The minimum atomic E-state index is 0.541. The van der Waals surface area contributed by atoms with Gasteiger partial charge in [-0.05, 0) is 30.9 Å². The quantitative estimate of drug-likeness (QED) is 0.661. The Hall–Kier alpha value is -1.22. The number of rotatable bonds is 7. The fourth-order valence-electron chi connectivity index (χ4n) is 1.32. The van der Waals surface area contributed by atoms with Crippen LogP contribution in [-0.4, -0.2) is 26.9 Å². The molecule has 1 radical (unpaired) electrons. The van der Waals surface area contributed by atoms with Gasteiger partial charge in [-0.1, -0.05) is 6.07 Å². The SMILES string of the molecule is COCCOc1[c]c(OCC2CC2)ccc1. The summed E-state index contributed by atoms with van der Waals surface area (Å²) in [6, 6.07) is 8.79. The first-order valence-electron chi connectivity index (χ1n) is 5.65. The lowest BCUT2D eigenvalue weighted by Gasteiger charge is -2.08. The molecule has 0 spiro atoms. The summed E-state index contributed by atoms with van der Waals surface area (Å²) in [7, 11) is 1.66. The molecule has 1 fully saturated rings. The van der Waals surface area contributed by atoms with Crippen LogP contribution in [0.25, 0.3) is 0 Å². The van der Waals surface area contributed by atoms with Crippen molar-refractivity contribution in [1.29, 1.82) is 0 Å². The molecule has 0 bridgehead atoms. The Morgan fingerprint density at radius 1 is 1.19 bits per heavy atom. The maximum Gasteiger partial charge on any atom is 0.131 e. The third-order valence-electron chi connectivity index (χ3n) is 2.46. The van der Waals surface area contributed by atoms with Gasteiger partial charge < -0.3 is 14.2 Å². The zero-order valence-corrected chi connectivity index (χ0v) is 9.57. The summed E-state index contributed by atoms with van der Waals surface area (Å²) >= 11 is 0. The molecule has 1 aliphatic rings. The summed E-state index contributed by atoms with van der Waals surface area (Å²) in [6.07, 6.45) is 2.59. The van der Waals surface area contributed by atoms with Crippen molar-refractivity contribution in [2.75, 3.05) is 26.9 Å². The molecule has 87 valence electrons. The summed E-state index contributed by atoms with van der Waals surface area (Å²) < 4.78 is 16.0. The summed E-state index contributed by atoms with van der Waals surface area (Å²) in [5.74, 6) is 2.23. The Kier molecular flexibility index (Phi) is 4.05. The molecule has 1 saturated carbocycles. The van der Waals surface area contributed by atoms with Gasteiger partial charge in [0.1, 0.15) is 18.1 Å². The molecule has 0 aliphatic heterocycles. The molecule has 3 heteroatoms. The lowest BCUT2D eigenvalue weighted by molar-refractivity contribution is 0.146. The highest BCUT2D eigenvalue weighted by molar-refractivity contribution is 5.31. The second kappa shape index (κ2) is 5.75. The topological polar surface area (TPSA) is 27.7 Å². The molecule has 0 amide bonds. The van der Waals surface area contributed by atoms with Crippen molar-refractivity contribution in [1.82, 2.24) is 0 Å². The van der Waals surface area contributed by atoms with E-state index in [0.717, 1.165) is 18.3 Å². The van der Waals surface area contributed by atoms with Crippen molar-refractivity contribution in [3.63, 3.8) is 0 Å². The molecule has 3 nitrogen and oxygen atoms in total. The van der Waals surface area contributed by atoms with Gasteiger partial charge in [-0.2, -0.15) is 0 Å². The summed E-state index contributed by atoms with van der Waals surface area (Å²) in [5.41, 5.74) is 0. The first-order chi connectivity index (χ1) is 7.88. The Bertz CT molecular complexity index is 321. The van der Waals surface area contributed by atoms with Crippen molar-refractivity contribution in [2.24, 2.45) is 5.92 Å². The van der Waals surface area contributed by atoms with Gasteiger partial charge in [0.25, 0.3) is 0 Å². The van der Waals surface area contributed by atoms with Crippen LogP contribution < -0.4 is 9.47 Å². The molecular formula is C13H17O3. The third kappa shape index (κ3) is 3.74. The molecule has 1 aliphatic carbocycles. The predicted molar refractivity (Wildman–Crippen MR) is 60.9 cm³/mol. The largest absolute Gasteiger partial charge is 0.493 e. The maximum atomic E-state index is 5.61. The summed E-state index contributed by atoms with van der Waals surface area (Å²) in [6.45, 7) is 1.93. The van der Waals surface area contributed by atoms with Crippen LogP contribution in [0.3, 0.4) is 0 Å². The van der Waals surface area contributed by atoms with E-state index in [9.17, 15) is 0 Å². The third-order valence-corrected chi connectivity index (χ3v) is 2.46. The van der Waals surface area contributed by atoms with Gasteiger partial charge in [-0.15, -0.1) is 0 Å². The highest BCUT2D eigenvalue weighted by Crippen LogP contribution is 2.30. The fraction of sp³-hybridized carbons (Fsp3) is 0.538. The highest BCUT2D eigenvalue weighted by Gasteiger charge is 2.21. The number of methoxy groups -OCH3 is 1. The molecule has 1 aromatic rings. The predicted octanol–water partition coefficient (Wildman–Crippen LogP) is 2.30. The van der Waals surface area contributed by atoms with E-state index in [2.05, 4.69) is 6.07 Å². The number of hydrogen-bond donors (Lipinski definition) is 0. The molecule has 0 atom stereocenters. The van der Waals surface area contributed by atoms with Crippen LogP contribution in [0.4, 0.5) is 0 Å². The van der Waals surface area contributed by atoms with Gasteiger partial charge in [-0.3, -0.25) is 0 Å². The van der Waals surface area contributed by atoms with Crippen molar-refractivity contribution < 1.29 is 14.2 Å². The van der Waals surface area contributed by atoms with Crippen molar-refractivity contribution in [3.05, 3.63) is 24.3 Å². The number of benzene rings is 1. The van der Waals surface area contributed by atoms with E-state index in [-0.39, 0.29) is 0 Å². The zero-order chi connectivity index (χ0) is 11.2. The van der Waals surface area contributed by atoms with Crippen molar-refractivity contribution >= 4 is 0 Å². The molecule has 0 aromatic heterocycles. The van der Waals surface area contributed by atoms with Crippen LogP contribution in [0.2, 0.25) is 0 Å². The van der Waals surface area contributed by atoms with Gasteiger partial charge in [0, 0.05) is 7.11 Å². The Morgan fingerprint density at radius 3 is 2.62 bits per heavy atom. The second-order valence-corrected chi connectivity index (χ2v) is 3.97. The zero-order valence-electron chi connectivity index (χ0n) is 9.57. The first-order valence-corrected chi connectivity index (χ1v) is 5.65. The van der Waals surface area contributed by atoms with Crippen molar-refractivity contribution in [3.8, 4) is 11.5 Å². The Labute approximate surface area is 96.3 Å². The molecule has 0 unspecified atom stereocenters. The number of hydrogen-bond acceptors (Lipinski definition) is 3. The van der Waals surface area contributed by atoms with E-state index in [4.69, 9.17) is 14.2 Å². The van der Waals surface area contributed by atoms with E-state index >= 15 is 0 Å². The van der Waals surface area contributed by atoms with E-state index in [0.29, 0.717) is 19.0 Å². The van der Waals surface area contributed by atoms with Crippen LogP contribution in [0, 0.1) is 12.0 Å². The highest BCUT2D eigenvalue weighted by atomic mass is 16.5. The molecule has 2 rings (SSSR count). The normalized spacial score (nSPS) is 14.8. The average molecular weight is 221 g/mol. The van der Waals surface area contributed by atoms with Gasteiger partial charge in [0.15, 0.2) is 0 Å². The van der Waals surface area contributed by atoms with E-state index in [1.807, 2.05) is 18.2 Å². The monoisotopic (exact) mass is 221 g/mol. The molecular weight excluding hydrogens is 204 g/mol. The first kappa shape index (κ1) is 11.3. The van der Waals surface area contributed by atoms with Gasteiger partial charge in [0.2, 0.25) is 0 Å². The van der Waals surface area contributed by atoms with Gasteiger partial charge in [0.05, 0.1) is 19.3 Å². The lowest BCUT2D eigenvalue weighted by Crippen LogP contribution is -2.05. The average Bonchev–Trinajstić information content (AvgIpc) is 3.11. The van der Waals surface area contributed by atoms with E-state index in [1.165, 1.54) is 12.8 Å². The minimum Gasteiger partial charge on any atom is -0.493 e. The summed E-state index contributed by atoms with van der Waals surface area (Å²) in [4.78, 5) is 0. The second-order valence-electron chi connectivity index (χ2n) is 3.97. The standard InChI is InChI=1S/C13H17O3/c1-14-7-8-15-12-3-2-4-13(9-12)16-10-11-5-6-11/h2-4,11H,5-8,10H2,1H3. The van der Waals surface area contributed by atoms with Crippen molar-refractivity contribution in [2.45, 2.75) is 12.8 Å². The van der Waals surface area contributed by atoms with Crippen LogP contribution in [0.5, 0.6) is 11.5 Å².